The van der Waals surface area contributed by atoms with Crippen LogP contribution in [0.4, 0.5) is 0 Å². The lowest BCUT2D eigenvalue weighted by molar-refractivity contribution is 0.432. The molecule has 19 heavy (non-hydrogen) atoms. The largest absolute Gasteiger partial charge is 0.334 e. The van der Waals surface area contributed by atoms with Gasteiger partial charge in [0.05, 0.1) is 10.6 Å². The Morgan fingerprint density at radius 1 is 1.16 bits per heavy atom. The second-order valence-corrected chi connectivity index (χ2v) is 4.53. The molecule has 1 aromatic carbocycles. The summed E-state index contributed by atoms with van der Waals surface area (Å²) in [6, 6.07) is 11.2. The van der Waals surface area contributed by atoms with Crippen LogP contribution in [0.15, 0.2) is 47.1 Å². The van der Waals surface area contributed by atoms with Crippen molar-refractivity contribution in [3.8, 4) is 23.0 Å². The van der Waals surface area contributed by atoms with E-state index in [1.807, 2.05) is 43.3 Å². The molecule has 5 heteroatoms. The minimum absolute atomic E-state index is 0.398. The van der Waals surface area contributed by atoms with Crippen LogP contribution in [0.3, 0.4) is 0 Å². The quantitative estimate of drug-likeness (QED) is 0.712. The Morgan fingerprint density at radius 3 is 2.84 bits per heavy atom. The molecular weight excluding hydrogens is 262 g/mol. The van der Waals surface area contributed by atoms with Gasteiger partial charge in [-0.2, -0.15) is 4.98 Å². The van der Waals surface area contributed by atoms with Gasteiger partial charge >= 0.3 is 0 Å². The third kappa shape index (κ3) is 2.35. The number of hydrogen-bond donors (Lipinski definition) is 0. The Kier molecular flexibility index (Phi) is 3.01. The zero-order chi connectivity index (χ0) is 13.2. The van der Waals surface area contributed by atoms with Crippen molar-refractivity contribution >= 4 is 11.6 Å². The molecule has 0 aliphatic carbocycles. The summed E-state index contributed by atoms with van der Waals surface area (Å²) < 4.78 is 5.26. The first-order valence-electron chi connectivity index (χ1n) is 5.76. The number of halogens is 1. The maximum atomic E-state index is 6.14. The molecular formula is C14H10ClN3O. The van der Waals surface area contributed by atoms with Gasteiger partial charge in [-0.3, -0.25) is 4.98 Å². The second kappa shape index (κ2) is 4.82. The lowest BCUT2D eigenvalue weighted by atomic mass is 10.1. The predicted molar refractivity (Wildman–Crippen MR) is 72.7 cm³/mol. The molecule has 0 aliphatic heterocycles. The van der Waals surface area contributed by atoms with Crippen LogP contribution >= 0.6 is 11.6 Å². The van der Waals surface area contributed by atoms with Crippen molar-refractivity contribution in [1.82, 2.24) is 15.1 Å². The second-order valence-electron chi connectivity index (χ2n) is 4.12. The maximum absolute atomic E-state index is 6.14. The number of pyridine rings is 1. The van der Waals surface area contributed by atoms with E-state index in [1.165, 1.54) is 0 Å². The Hall–Kier alpha value is -2.20. The molecule has 0 spiro atoms. The molecule has 2 aromatic heterocycles. The fourth-order valence-electron chi connectivity index (χ4n) is 1.73. The summed E-state index contributed by atoms with van der Waals surface area (Å²) >= 11 is 6.14. The van der Waals surface area contributed by atoms with Crippen LogP contribution in [-0.4, -0.2) is 15.1 Å². The van der Waals surface area contributed by atoms with Gasteiger partial charge in [0, 0.05) is 6.20 Å². The van der Waals surface area contributed by atoms with Gasteiger partial charge in [0.1, 0.15) is 5.69 Å². The van der Waals surface area contributed by atoms with E-state index in [2.05, 4.69) is 15.1 Å². The Bertz CT molecular complexity index is 710. The van der Waals surface area contributed by atoms with Gasteiger partial charge in [0.15, 0.2) is 0 Å². The molecule has 94 valence electrons. The average molecular weight is 272 g/mol. The average Bonchev–Trinajstić information content (AvgIpc) is 2.92. The van der Waals surface area contributed by atoms with Gasteiger partial charge in [-0.15, -0.1) is 0 Å². The summed E-state index contributed by atoms with van der Waals surface area (Å²) in [5.41, 5.74) is 2.48. The number of hydrogen-bond acceptors (Lipinski definition) is 4. The lowest BCUT2D eigenvalue weighted by Gasteiger charge is -1.99. The molecule has 3 rings (SSSR count). The van der Waals surface area contributed by atoms with Gasteiger partial charge < -0.3 is 4.52 Å². The predicted octanol–water partition coefficient (Wildman–Crippen LogP) is 3.76. The van der Waals surface area contributed by atoms with Crippen molar-refractivity contribution in [3.63, 3.8) is 0 Å². The third-order valence-corrected chi connectivity index (χ3v) is 3.00. The number of aryl methyl sites for hydroxylation is 1. The molecule has 0 saturated heterocycles. The molecule has 0 aliphatic rings. The highest BCUT2D eigenvalue weighted by molar-refractivity contribution is 6.33. The molecule has 0 amide bonds. The van der Waals surface area contributed by atoms with Crippen molar-refractivity contribution in [2.24, 2.45) is 0 Å². The summed E-state index contributed by atoms with van der Waals surface area (Å²) in [5.74, 6) is 0.850. The van der Waals surface area contributed by atoms with E-state index < -0.39 is 0 Å². The minimum Gasteiger partial charge on any atom is -0.334 e. The minimum atomic E-state index is 0.398. The molecule has 0 unspecified atom stereocenters. The normalized spacial score (nSPS) is 10.6. The highest BCUT2D eigenvalue weighted by atomic mass is 35.5. The van der Waals surface area contributed by atoms with E-state index in [9.17, 15) is 0 Å². The molecule has 0 bridgehead atoms. The standard InChI is InChI=1S/C14H10ClN3O/c1-9-5-6-11(15)10(8-9)14-17-13(18-19-14)12-4-2-3-7-16-12/h2-8H,1H3. The van der Waals surface area contributed by atoms with E-state index in [0.29, 0.717) is 22.4 Å². The first kappa shape index (κ1) is 11.9. The van der Waals surface area contributed by atoms with E-state index in [-0.39, 0.29) is 0 Å². The van der Waals surface area contributed by atoms with Gasteiger partial charge in [-0.05, 0) is 31.2 Å². The molecule has 0 N–H and O–H groups in total. The Labute approximate surface area is 115 Å². The summed E-state index contributed by atoms with van der Waals surface area (Å²) in [7, 11) is 0. The van der Waals surface area contributed by atoms with Crippen LogP contribution in [0, 0.1) is 6.92 Å². The van der Waals surface area contributed by atoms with Crippen LogP contribution in [0.1, 0.15) is 5.56 Å². The molecule has 0 radical (unpaired) electrons. The van der Waals surface area contributed by atoms with E-state index in [1.54, 1.807) is 6.20 Å². The Balaban J connectivity index is 2.04. The maximum Gasteiger partial charge on any atom is 0.259 e. The lowest BCUT2D eigenvalue weighted by Crippen LogP contribution is -1.85. The first-order valence-corrected chi connectivity index (χ1v) is 6.13. The summed E-state index contributed by atoms with van der Waals surface area (Å²) in [6.45, 7) is 1.98. The van der Waals surface area contributed by atoms with Crippen LogP contribution in [-0.2, 0) is 0 Å². The van der Waals surface area contributed by atoms with Gasteiger partial charge in [0.2, 0.25) is 5.82 Å². The summed E-state index contributed by atoms with van der Waals surface area (Å²) in [4.78, 5) is 8.51. The van der Waals surface area contributed by atoms with Gasteiger partial charge in [-0.25, -0.2) is 0 Å². The fraction of sp³-hybridized carbons (Fsp3) is 0.0714. The zero-order valence-electron chi connectivity index (χ0n) is 10.2. The number of nitrogens with zero attached hydrogens (tertiary/aromatic N) is 3. The molecule has 0 atom stereocenters. The molecule has 4 nitrogen and oxygen atoms in total. The van der Waals surface area contributed by atoms with E-state index >= 15 is 0 Å². The zero-order valence-corrected chi connectivity index (χ0v) is 10.9. The smallest absolute Gasteiger partial charge is 0.259 e. The van der Waals surface area contributed by atoms with E-state index in [0.717, 1.165) is 11.1 Å². The van der Waals surface area contributed by atoms with Crippen molar-refractivity contribution in [3.05, 3.63) is 53.2 Å². The number of benzene rings is 1. The monoisotopic (exact) mass is 271 g/mol. The topological polar surface area (TPSA) is 51.8 Å². The number of rotatable bonds is 2. The summed E-state index contributed by atoms with van der Waals surface area (Å²) in [6.07, 6.45) is 1.69. The fourth-order valence-corrected chi connectivity index (χ4v) is 1.93. The number of aromatic nitrogens is 3. The van der Waals surface area contributed by atoms with Gasteiger partial charge in [-0.1, -0.05) is 34.5 Å². The first-order chi connectivity index (χ1) is 9.24. The van der Waals surface area contributed by atoms with Crippen LogP contribution in [0.5, 0.6) is 0 Å². The van der Waals surface area contributed by atoms with Crippen molar-refractivity contribution in [1.29, 1.82) is 0 Å². The molecule has 0 fully saturated rings. The van der Waals surface area contributed by atoms with Crippen LogP contribution < -0.4 is 0 Å². The highest BCUT2D eigenvalue weighted by Gasteiger charge is 2.13. The van der Waals surface area contributed by atoms with Crippen LogP contribution in [0.25, 0.3) is 23.0 Å². The Morgan fingerprint density at radius 2 is 2.05 bits per heavy atom. The SMILES string of the molecule is Cc1ccc(Cl)c(-c2nc(-c3ccccn3)no2)c1. The molecule has 2 heterocycles. The van der Waals surface area contributed by atoms with Crippen molar-refractivity contribution in [2.45, 2.75) is 6.92 Å². The van der Waals surface area contributed by atoms with Crippen molar-refractivity contribution < 1.29 is 4.52 Å². The third-order valence-electron chi connectivity index (χ3n) is 2.67. The van der Waals surface area contributed by atoms with E-state index in [4.69, 9.17) is 16.1 Å². The van der Waals surface area contributed by atoms with Crippen LogP contribution in [0.2, 0.25) is 5.02 Å². The molecule has 0 saturated carbocycles. The van der Waals surface area contributed by atoms with Gasteiger partial charge in [0.25, 0.3) is 5.89 Å². The summed E-state index contributed by atoms with van der Waals surface area (Å²) in [5, 5.41) is 4.51. The highest BCUT2D eigenvalue weighted by Crippen LogP contribution is 2.28. The van der Waals surface area contributed by atoms with Crippen molar-refractivity contribution in [2.75, 3.05) is 0 Å². The molecule has 3 aromatic rings.